The van der Waals surface area contributed by atoms with Crippen LogP contribution in [0.2, 0.25) is 0 Å². The van der Waals surface area contributed by atoms with Crippen molar-refractivity contribution in [1.29, 1.82) is 0 Å². The molecule has 2 aromatic rings. The van der Waals surface area contributed by atoms with Crippen LogP contribution in [0, 0.1) is 5.92 Å². The number of nitrogens with zero attached hydrogens (tertiary/aromatic N) is 4. The summed E-state index contributed by atoms with van der Waals surface area (Å²) in [6, 6.07) is 7.43. The number of hydrogen-bond donors (Lipinski definition) is 1. The van der Waals surface area contributed by atoms with Crippen molar-refractivity contribution in [2.45, 2.75) is 69.4 Å². The summed E-state index contributed by atoms with van der Waals surface area (Å²) < 4.78 is 2.13. The fraction of sp³-hybridized carbons (Fsp3) is 0.609. The minimum atomic E-state index is -1.05. The highest BCUT2D eigenvalue weighted by atomic mass is 32.2. The number of carbonyl (C=O) groups excluding carboxylic acids is 1. The van der Waals surface area contributed by atoms with Gasteiger partial charge < -0.3 is 14.6 Å². The Morgan fingerprint density at radius 3 is 2.32 bits per heavy atom. The molecule has 8 heteroatoms. The number of rotatable bonds is 5. The molecule has 7 nitrogen and oxygen atoms in total. The summed E-state index contributed by atoms with van der Waals surface area (Å²) in [5.74, 6) is -0.187. The summed E-state index contributed by atoms with van der Waals surface area (Å²) in [6.45, 7) is 10.6. The highest BCUT2D eigenvalue weighted by Gasteiger charge is 2.41. The molecule has 1 fully saturated rings. The van der Waals surface area contributed by atoms with Crippen LogP contribution in [0.3, 0.4) is 0 Å². The third-order valence-electron chi connectivity index (χ3n) is 5.86. The van der Waals surface area contributed by atoms with Gasteiger partial charge in [0.15, 0.2) is 5.16 Å². The van der Waals surface area contributed by atoms with Gasteiger partial charge in [-0.05, 0) is 51.7 Å². The van der Waals surface area contributed by atoms with Crippen LogP contribution in [0.1, 0.15) is 47.5 Å². The molecule has 1 aromatic heterocycles. The van der Waals surface area contributed by atoms with E-state index in [4.69, 9.17) is 4.98 Å². The van der Waals surface area contributed by atoms with Gasteiger partial charge in [0.25, 0.3) is 0 Å². The smallest absolute Gasteiger partial charge is 0.408 e. The van der Waals surface area contributed by atoms with Gasteiger partial charge in [0, 0.05) is 30.9 Å². The summed E-state index contributed by atoms with van der Waals surface area (Å²) >= 11 is 1.77. The van der Waals surface area contributed by atoms with Crippen LogP contribution < -0.4 is 0 Å². The predicted molar refractivity (Wildman–Crippen MR) is 124 cm³/mol. The predicted octanol–water partition coefficient (Wildman–Crippen LogP) is 4.46. The normalized spacial score (nSPS) is 16.7. The first-order chi connectivity index (χ1) is 14.5. The molecule has 1 aliphatic rings. The van der Waals surface area contributed by atoms with E-state index < -0.39 is 17.7 Å². The Balaban J connectivity index is 1.68. The fourth-order valence-corrected chi connectivity index (χ4v) is 5.43. The number of fused-ring (bicyclic) bond motifs is 1. The Kier molecular flexibility index (Phi) is 6.88. The van der Waals surface area contributed by atoms with Gasteiger partial charge in [-0.2, -0.15) is 0 Å². The molecule has 0 aliphatic carbocycles. The Morgan fingerprint density at radius 2 is 1.81 bits per heavy atom. The molecule has 1 aliphatic heterocycles. The van der Waals surface area contributed by atoms with Gasteiger partial charge in [0.2, 0.25) is 5.91 Å². The van der Waals surface area contributed by atoms with Crippen LogP contribution in [-0.4, -0.2) is 66.4 Å². The fourth-order valence-electron chi connectivity index (χ4n) is 4.28. The highest BCUT2D eigenvalue weighted by molar-refractivity contribution is 7.99. The van der Waals surface area contributed by atoms with Crippen LogP contribution in [-0.2, 0) is 11.8 Å². The first-order valence-corrected chi connectivity index (χ1v) is 11.8. The number of thioether (sulfide) groups is 1. The molecular formula is C23H34N4O3S. The quantitative estimate of drug-likeness (QED) is 0.734. The largest absolute Gasteiger partial charge is 0.465 e. The van der Waals surface area contributed by atoms with Crippen LogP contribution >= 0.6 is 11.8 Å². The van der Waals surface area contributed by atoms with Crippen molar-refractivity contribution in [1.82, 2.24) is 19.4 Å². The number of amides is 2. The number of piperidine rings is 1. The molecule has 1 aromatic carbocycles. The standard InChI is InChI=1S/C23H34N4O3S/c1-15(2)19(27(22(29)30)23(3,4)5)20(28)26-13-11-16(12-14-26)31-21-24-17-9-7-8-10-18(17)25(21)6/h7-10,15-16,19H,11-14H2,1-6H3,(H,29,30)/t19-/m0/s1. The molecule has 0 unspecified atom stereocenters. The third kappa shape index (κ3) is 5.00. The zero-order valence-corrected chi connectivity index (χ0v) is 20.1. The van der Waals surface area contributed by atoms with Crippen molar-refractivity contribution in [2.75, 3.05) is 13.1 Å². The minimum absolute atomic E-state index is 0.0847. The molecule has 2 amide bonds. The van der Waals surface area contributed by atoms with Crippen molar-refractivity contribution >= 4 is 34.8 Å². The topological polar surface area (TPSA) is 78.7 Å². The first kappa shape index (κ1) is 23.4. The summed E-state index contributed by atoms with van der Waals surface area (Å²) in [4.78, 5) is 33.3. The summed E-state index contributed by atoms with van der Waals surface area (Å²) in [5.41, 5.74) is 1.47. The van der Waals surface area contributed by atoms with Gasteiger partial charge in [0.1, 0.15) is 6.04 Å². The van der Waals surface area contributed by atoms with Crippen LogP contribution in [0.15, 0.2) is 29.4 Å². The second-order valence-electron chi connectivity index (χ2n) is 9.60. The lowest BCUT2D eigenvalue weighted by Gasteiger charge is -2.43. The molecule has 0 spiro atoms. The second-order valence-corrected chi connectivity index (χ2v) is 10.9. The van der Waals surface area contributed by atoms with Crippen LogP contribution in [0.25, 0.3) is 11.0 Å². The van der Waals surface area contributed by atoms with Gasteiger partial charge >= 0.3 is 6.09 Å². The number of carbonyl (C=O) groups is 2. The van der Waals surface area contributed by atoms with Crippen molar-refractivity contribution in [3.8, 4) is 0 Å². The van der Waals surface area contributed by atoms with E-state index >= 15 is 0 Å². The molecule has 0 radical (unpaired) electrons. The van der Waals surface area contributed by atoms with Crippen molar-refractivity contribution < 1.29 is 14.7 Å². The van der Waals surface area contributed by atoms with Gasteiger partial charge in [-0.3, -0.25) is 9.69 Å². The maximum Gasteiger partial charge on any atom is 0.408 e. The van der Waals surface area contributed by atoms with Crippen molar-refractivity contribution in [3.05, 3.63) is 24.3 Å². The van der Waals surface area contributed by atoms with Crippen LogP contribution in [0.4, 0.5) is 4.79 Å². The van der Waals surface area contributed by atoms with Gasteiger partial charge in [0.05, 0.1) is 11.0 Å². The Morgan fingerprint density at radius 1 is 1.19 bits per heavy atom. The average molecular weight is 447 g/mol. The second kappa shape index (κ2) is 9.10. The summed E-state index contributed by atoms with van der Waals surface area (Å²) in [5, 5.41) is 11.2. The van der Waals surface area contributed by atoms with E-state index in [-0.39, 0.29) is 11.8 Å². The SMILES string of the molecule is CC(C)[C@@H](C(=O)N1CCC(Sc2nc3ccccc3n2C)CC1)N(C(=O)O)C(C)(C)C. The summed E-state index contributed by atoms with van der Waals surface area (Å²) in [7, 11) is 2.04. The lowest BCUT2D eigenvalue weighted by atomic mass is 9.94. The number of carboxylic acid groups (broad SMARTS) is 1. The number of para-hydroxylation sites is 2. The van der Waals surface area contributed by atoms with E-state index in [0.29, 0.717) is 18.3 Å². The van der Waals surface area contributed by atoms with E-state index in [0.717, 1.165) is 29.0 Å². The molecule has 1 N–H and O–H groups in total. The molecule has 1 atom stereocenters. The molecule has 2 heterocycles. The van der Waals surface area contributed by atoms with Crippen LogP contribution in [0.5, 0.6) is 0 Å². The van der Waals surface area contributed by atoms with Crippen molar-refractivity contribution in [2.24, 2.45) is 13.0 Å². The van der Waals surface area contributed by atoms with E-state index in [9.17, 15) is 14.7 Å². The zero-order chi connectivity index (χ0) is 22.9. The number of hydrogen-bond acceptors (Lipinski definition) is 4. The monoisotopic (exact) mass is 446 g/mol. The highest BCUT2D eigenvalue weighted by Crippen LogP contribution is 2.32. The number of imidazole rings is 1. The van der Waals surface area contributed by atoms with E-state index in [1.807, 2.05) is 64.8 Å². The number of likely N-dealkylation sites (tertiary alicyclic amines) is 1. The molecule has 0 bridgehead atoms. The minimum Gasteiger partial charge on any atom is -0.465 e. The average Bonchev–Trinajstić information content (AvgIpc) is 3.00. The number of benzene rings is 1. The number of aryl methyl sites for hydroxylation is 1. The van der Waals surface area contributed by atoms with E-state index in [1.165, 1.54) is 4.90 Å². The maximum atomic E-state index is 13.4. The van der Waals surface area contributed by atoms with Gasteiger partial charge in [-0.1, -0.05) is 37.7 Å². The Bertz CT molecular complexity index is 942. The molecule has 31 heavy (non-hydrogen) atoms. The van der Waals surface area contributed by atoms with E-state index in [2.05, 4.69) is 10.6 Å². The molecule has 3 rings (SSSR count). The molecule has 1 saturated heterocycles. The Labute approximate surface area is 188 Å². The lowest BCUT2D eigenvalue weighted by Crippen LogP contribution is -2.60. The molecular weight excluding hydrogens is 412 g/mol. The lowest BCUT2D eigenvalue weighted by molar-refractivity contribution is -0.140. The van der Waals surface area contributed by atoms with Crippen molar-refractivity contribution in [3.63, 3.8) is 0 Å². The molecule has 170 valence electrons. The third-order valence-corrected chi connectivity index (χ3v) is 7.24. The zero-order valence-electron chi connectivity index (χ0n) is 19.3. The Hall–Kier alpha value is -2.22. The van der Waals surface area contributed by atoms with Gasteiger partial charge in [-0.25, -0.2) is 9.78 Å². The first-order valence-electron chi connectivity index (χ1n) is 10.9. The van der Waals surface area contributed by atoms with Gasteiger partial charge in [-0.15, -0.1) is 0 Å². The summed E-state index contributed by atoms with van der Waals surface area (Å²) in [6.07, 6.45) is 0.687. The van der Waals surface area contributed by atoms with E-state index in [1.54, 1.807) is 11.8 Å². The molecule has 0 saturated carbocycles. The maximum absolute atomic E-state index is 13.4. The number of aromatic nitrogens is 2.